The minimum absolute atomic E-state index is 0.395. The summed E-state index contributed by atoms with van der Waals surface area (Å²) in [5.41, 5.74) is 3.10. The van der Waals surface area contributed by atoms with Gasteiger partial charge in [0.15, 0.2) is 0 Å². The molecule has 0 saturated carbocycles. The second-order valence-electron chi connectivity index (χ2n) is 7.10. The fourth-order valence-electron chi connectivity index (χ4n) is 3.54. The van der Waals surface area contributed by atoms with E-state index in [-0.39, 0.29) is 0 Å². The molecule has 1 aromatic carbocycles. The zero-order chi connectivity index (χ0) is 20.2. The number of nitrogens with one attached hydrogen (secondary N) is 1. The van der Waals surface area contributed by atoms with Crippen molar-refractivity contribution in [2.75, 3.05) is 25.0 Å². The van der Waals surface area contributed by atoms with Gasteiger partial charge >= 0.3 is 0 Å². The van der Waals surface area contributed by atoms with Crippen molar-refractivity contribution in [3.63, 3.8) is 0 Å². The third kappa shape index (κ3) is 4.39. The Morgan fingerprint density at radius 1 is 1.17 bits per heavy atom. The van der Waals surface area contributed by atoms with Crippen LogP contribution in [0.1, 0.15) is 31.4 Å². The predicted octanol–water partition coefficient (Wildman–Crippen LogP) is 4.27. The Kier molecular flexibility index (Phi) is 5.74. The van der Waals surface area contributed by atoms with E-state index in [1.165, 1.54) is 0 Å². The first-order chi connectivity index (χ1) is 14.2. The van der Waals surface area contributed by atoms with E-state index in [0.717, 1.165) is 49.3 Å². The smallest absolute Gasteiger partial charge is 0.227 e. The highest BCUT2D eigenvalue weighted by molar-refractivity contribution is 6.32. The third-order valence-electron chi connectivity index (χ3n) is 5.31. The van der Waals surface area contributed by atoms with E-state index < -0.39 is 0 Å². The van der Waals surface area contributed by atoms with Crippen molar-refractivity contribution < 1.29 is 0 Å². The third-order valence-corrected chi connectivity index (χ3v) is 5.62. The maximum Gasteiger partial charge on any atom is 0.227 e. The molecule has 0 spiro atoms. The Hall–Kier alpha value is -2.95. The van der Waals surface area contributed by atoms with E-state index in [4.69, 9.17) is 16.9 Å². The number of halogens is 1. The molecule has 8 heteroatoms. The monoisotopic (exact) mass is 407 g/mol. The number of hydrogen-bond acceptors (Lipinski definition) is 6. The Labute approximate surface area is 175 Å². The van der Waals surface area contributed by atoms with Gasteiger partial charge in [0, 0.05) is 48.5 Å². The van der Waals surface area contributed by atoms with Gasteiger partial charge in [-0.25, -0.2) is 9.97 Å². The highest BCUT2D eigenvalue weighted by Crippen LogP contribution is 2.26. The van der Waals surface area contributed by atoms with Crippen LogP contribution in [0.3, 0.4) is 0 Å². The van der Waals surface area contributed by atoms with Crippen LogP contribution in [0.4, 0.5) is 11.6 Å². The molecule has 1 aliphatic rings. The van der Waals surface area contributed by atoms with Crippen LogP contribution < -0.4 is 5.32 Å². The Morgan fingerprint density at radius 2 is 1.93 bits per heavy atom. The summed E-state index contributed by atoms with van der Waals surface area (Å²) in [4.78, 5) is 11.3. The number of aromatic nitrogens is 4. The van der Waals surface area contributed by atoms with Crippen molar-refractivity contribution in [3.05, 3.63) is 53.6 Å². The molecule has 1 saturated heterocycles. The molecule has 3 aromatic rings. The quantitative estimate of drug-likeness (QED) is 0.680. The van der Waals surface area contributed by atoms with Crippen molar-refractivity contribution in [3.8, 4) is 17.2 Å². The summed E-state index contributed by atoms with van der Waals surface area (Å²) in [6, 6.07) is 7.62. The molecule has 148 valence electrons. The SMILES string of the molecule is CCN1CCC(n2cc(-c3cnc(Nc4ccc(C#N)c(Cl)c4)nc3)cn2)CC1. The number of rotatable bonds is 5. The first-order valence-electron chi connectivity index (χ1n) is 9.72. The lowest BCUT2D eigenvalue weighted by Crippen LogP contribution is -2.34. The van der Waals surface area contributed by atoms with Gasteiger partial charge in [0.2, 0.25) is 5.95 Å². The van der Waals surface area contributed by atoms with Crippen LogP contribution in [-0.2, 0) is 0 Å². The van der Waals surface area contributed by atoms with Gasteiger partial charge in [-0.15, -0.1) is 0 Å². The van der Waals surface area contributed by atoms with Crippen LogP contribution in [-0.4, -0.2) is 44.3 Å². The van der Waals surface area contributed by atoms with Crippen molar-refractivity contribution in [2.45, 2.75) is 25.8 Å². The summed E-state index contributed by atoms with van der Waals surface area (Å²) in [7, 11) is 0. The van der Waals surface area contributed by atoms with Gasteiger partial charge in [-0.05, 0) is 37.6 Å². The van der Waals surface area contributed by atoms with Gasteiger partial charge < -0.3 is 10.2 Å². The lowest BCUT2D eigenvalue weighted by molar-refractivity contribution is 0.187. The molecule has 0 atom stereocenters. The van der Waals surface area contributed by atoms with E-state index in [9.17, 15) is 0 Å². The molecule has 0 amide bonds. The number of likely N-dealkylation sites (tertiary alicyclic amines) is 1. The number of nitrogens with zero attached hydrogens (tertiary/aromatic N) is 6. The van der Waals surface area contributed by atoms with Gasteiger partial charge in [-0.2, -0.15) is 10.4 Å². The van der Waals surface area contributed by atoms with Crippen molar-refractivity contribution in [1.29, 1.82) is 5.26 Å². The molecule has 4 rings (SSSR count). The van der Waals surface area contributed by atoms with Crippen molar-refractivity contribution in [2.24, 2.45) is 0 Å². The summed E-state index contributed by atoms with van der Waals surface area (Å²) in [6.45, 7) is 5.57. The molecule has 29 heavy (non-hydrogen) atoms. The van der Waals surface area contributed by atoms with E-state index >= 15 is 0 Å². The summed E-state index contributed by atoms with van der Waals surface area (Å²) in [6.07, 6.45) is 9.77. The largest absolute Gasteiger partial charge is 0.324 e. The Morgan fingerprint density at radius 3 is 2.59 bits per heavy atom. The summed E-state index contributed by atoms with van der Waals surface area (Å²) >= 11 is 6.07. The molecular weight excluding hydrogens is 386 g/mol. The average Bonchev–Trinajstić information content (AvgIpc) is 3.25. The van der Waals surface area contributed by atoms with Gasteiger partial charge in [-0.1, -0.05) is 18.5 Å². The van der Waals surface area contributed by atoms with Crippen molar-refractivity contribution in [1.82, 2.24) is 24.6 Å². The van der Waals surface area contributed by atoms with Gasteiger partial charge in [0.1, 0.15) is 6.07 Å². The van der Waals surface area contributed by atoms with Crippen LogP contribution in [0, 0.1) is 11.3 Å². The molecule has 2 aromatic heterocycles. The zero-order valence-corrected chi connectivity index (χ0v) is 17.0. The predicted molar refractivity (Wildman–Crippen MR) is 113 cm³/mol. The van der Waals surface area contributed by atoms with E-state index in [1.54, 1.807) is 30.6 Å². The van der Waals surface area contributed by atoms with Gasteiger partial charge in [-0.3, -0.25) is 4.68 Å². The normalized spacial score (nSPS) is 15.2. The van der Waals surface area contributed by atoms with Crippen LogP contribution in [0.5, 0.6) is 0 Å². The second-order valence-corrected chi connectivity index (χ2v) is 7.51. The standard InChI is InChI=1S/C21H22ClN7/c1-2-28-7-5-19(6-8-28)29-14-17(13-26-29)16-11-24-21(25-12-16)27-18-4-3-15(10-23)20(22)9-18/h3-4,9,11-14,19H,2,5-8H2,1H3,(H,24,25,27). The molecule has 0 aliphatic carbocycles. The lowest BCUT2D eigenvalue weighted by atomic mass is 10.1. The summed E-state index contributed by atoms with van der Waals surface area (Å²) in [5, 5.41) is 17.0. The molecule has 3 heterocycles. The maximum atomic E-state index is 8.96. The number of benzene rings is 1. The molecule has 1 N–H and O–H groups in total. The first kappa shape index (κ1) is 19.4. The number of nitriles is 1. The summed E-state index contributed by atoms with van der Waals surface area (Å²) < 4.78 is 2.08. The zero-order valence-electron chi connectivity index (χ0n) is 16.2. The number of anilines is 2. The van der Waals surface area contributed by atoms with Crippen LogP contribution in [0.2, 0.25) is 5.02 Å². The number of piperidine rings is 1. The minimum Gasteiger partial charge on any atom is -0.324 e. The first-order valence-corrected chi connectivity index (χ1v) is 10.1. The van der Waals surface area contributed by atoms with E-state index in [0.29, 0.717) is 22.6 Å². The fourth-order valence-corrected chi connectivity index (χ4v) is 3.76. The van der Waals surface area contributed by atoms with Crippen LogP contribution in [0.25, 0.3) is 11.1 Å². The van der Waals surface area contributed by atoms with Crippen LogP contribution in [0.15, 0.2) is 43.0 Å². The molecule has 0 unspecified atom stereocenters. The highest BCUT2D eigenvalue weighted by Gasteiger charge is 2.20. The minimum atomic E-state index is 0.395. The van der Waals surface area contributed by atoms with Gasteiger partial charge in [0.05, 0.1) is 22.8 Å². The lowest BCUT2D eigenvalue weighted by Gasteiger charge is -2.31. The Balaban J connectivity index is 1.43. The topological polar surface area (TPSA) is 82.7 Å². The molecule has 0 bridgehead atoms. The average molecular weight is 408 g/mol. The van der Waals surface area contributed by atoms with E-state index in [2.05, 4.69) is 43.1 Å². The molecule has 0 radical (unpaired) electrons. The molecule has 1 fully saturated rings. The molecule has 7 nitrogen and oxygen atoms in total. The highest BCUT2D eigenvalue weighted by atomic mass is 35.5. The fraction of sp³-hybridized carbons (Fsp3) is 0.333. The maximum absolute atomic E-state index is 8.96. The summed E-state index contributed by atoms with van der Waals surface area (Å²) in [5.74, 6) is 0.467. The second kappa shape index (κ2) is 8.60. The van der Waals surface area contributed by atoms with Gasteiger partial charge in [0.25, 0.3) is 0 Å². The molecular formula is C21H22ClN7. The van der Waals surface area contributed by atoms with Crippen LogP contribution >= 0.6 is 11.6 Å². The van der Waals surface area contributed by atoms with E-state index in [1.807, 2.05) is 12.3 Å². The molecule has 1 aliphatic heterocycles. The number of hydrogen-bond donors (Lipinski definition) is 1. The Bertz CT molecular complexity index is 1010. The van der Waals surface area contributed by atoms with Crippen molar-refractivity contribution >= 4 is 23.2 Å².